The summed E-state index contributed by atoms with van der Waals surface area (Å²) >= 11 is 5.60. The van der Waals surface area contributed by atoms with Crippen molar-refractivity contribution >= 4 is 23.4 Å². The molecule has 1 unspecified atom stereocenters. The molecule has 0 saturated carbocycles. The lowest BCUT2D eigenvalue weighted by Gasteiger charge is -2.11. The first-order valence-corrected chi connectivity index (χ1v) is 7.37. The van der Waals surface area contributed by atoms with Gasteiger partial charge in [0.15, 0.2) is 6.61 Å². The van der Waals surface area contributed by atoms with Crippen LogP contribution in [0.2, 0.25) is 0 Å². The third-order valence-corrected chi connectivity index (χ3v) is 3.02. The van der Waals surface area contributed by atoms with Crippen molar-refractivity contribution in [3.05, 3.63) is 29.8 Å². The van der Waals surface area contributed by atoms with E-state index in [2.05, 4.69) is 10.6 Å². The maximum atomic E-state index is 11.6. The van der Waals surface area contributed by atoms with Crippen LogP contribution in [-0.2, 0) is 16.0 Å². The van der Waals surface area contributed by atoms with E-state index in [1.165, 1.54) is 0 Å². The van der Waals surface area contributed by atoms with Crippen LogP contribution < -0.4 is 15.4 Å². The standard InChI is InChI=1S/C15H21ClN2O3/c1-3-12-6-4-5-7-13(12)21-10-14(19)17-8-9-18-15(20)11(2)16/h4-7,11H,3,8-10H2,1-2H3,(H,17,19)(H,18,20). The Morgan fingerprint density at radius 2 is 1.90 bits per heavy atom. The predicted molar refractivity (Wildman–Crippen MR) is 82.6 cm³/mol. The molecule has 2 amide bonds. The monoisotopic (exact) mass is 312 g/mol. The van der Waals surface area contributed by atoms with Gasteiger partial charge < -0.3 is 15.4 Å². The predicted octanol–water partition coefficient (Wildman–Crippen LogP) is 1.49. The maximum Gasteiger partial charge on any atom is 0.258 e. The molecule has 1 aromatic rings. The van der Waals surface area contributed by atoms with E-state index in [1.807, 2.05) is 31.2 Å². The molecule has 21 heavy (non-hydrogen) atoms. The number of amides is 2. The Labute approximate surface area is 130 Å². The first kappa shape index (κ1) is 17.3. The maximum absolute atomic E-state index is 11.6. The third-order valence-electron chi connectivity index (χ3n) is 2.82. The quantitative estimate of drug-likeness (QED) is 0.564. The topological polar surface area (TPSA) is 67.4 Å². The number of halogens is 1. The molecule has 1 atom stereocenters. The summed E-state index contributed by atoms with van der Waals surface area (Å²) in [6, 6.07) is 7.62. The largest absolute Gasteiger partial charge is 0.483 e. The van der Waals surface area contributed by atoms with E-state index in [0.717, 1.165) is 17.7 Å². The summed E-state index contributed by atoms with van der Waals surface area (Å²) in [5.74, 6) is 0.243. The smallest absolute Gasteiger partial charge is 0.258 e. The number of aryl methyl sites for hydroxylation is 1. The van der Waals surface area contributed by atoms with Crippen LogP contribution in [0.4, 0.5) is 0 Å². The van der Waals surface area contributed by atoms with Gasteiger partial charge in [-0.05, 0) is 25.0 Å². The third kappa shape index (κ3) is 6.49. The average Bonchev–Trinajstić information content (AvgIpc) is 2.49. The molecule has 116 valence electrons. The second kappa shape index (κ2) is 9.23. The van der Waals surface area contributed by atoms with Gasteiger partial charge >= 0.3 is 0 Å². The second-order valence-corrected chi connectivity index (χ2v) is 5.16. The normalized spacial score (nSPS) is 11.6. The van der Waals surface area contributed by atoms with Crippen molar-refractivity contribution in [3.8, 4) is 5.75 Å². The Kier molecular flexibility index (Phi) is 7.61. The molecule has 0 fully saturated rings. The molecule has 0 aliphatic rings. The molecule has 0 heterocycles. The molecule has 1 aromatic carbocycles. The number of ether oxygens (including phenoxy) is 1. The van der Waals surface area contributed by atoms with Crippen LogP contribution in [0, 0.1) is 0 Å². The number of benzene rings is 1. The molecule has 0 radical (unpaired) electrons. The summed E-state index contributed by atoms with van der Waals surface area (Å²) in [5, 5.41) is 4.69. The van der Waals surface area contributed by atoms with E-state index in [0.29, 0.717) is 13.1 Å². The highest BCUT2D eigenvalue weighted by Crippen LogP contribution is 2.17. The zero-order chi connectivity index (χ0) is 15.7. The number of para-hydroxylation sites is 1. The lowest BCUT2D eigenvalue weighted by Crippen LogP contribution is -2.38. The van der Waals surface area contributed by atoms with Crippen LogP contribution in [0.25, 0.3) is 0 Å². The van der Waals surface area contributed by atoms with Crippen LogP contribution in [-0.4, -0.2) is 36.9 Å². The molecular formula is C15H21ClN2O3. The highest BCUT2D eigenvalue weighted by Gasteiger charge is 2.08. The Hall–Kier alpha value is -1.75. The molecule has 1 rings (SSSR count). The van der Waals surface area contributed by atoms with Crippen LogP contribution in [0.3, 0.4) is 0 Å². The fraction of sp³-hybridized carbons (Fsp3) is 0.467. The summed E-state index contributed by atoms with van der Waals surface area (Å²) < 4.78 is 5.49. The van der Waals surface area contributed by atoms with Gasteiger partial charge in [-0.25, -0.2) is 0 Å². The average molecular weight is 313 g/mol. The fourth-order valence-corrected chi connectivity index (χ4v) is 1.74. The Morgan fingerprint density at radius 3 is 2.57 bits per heavy atom. The minimum absolute atomic E-state index is 0.0448. The fourth-order valence-electron chi connectivity index (χ4n) is 1.66. The van der Waals surface area contributed by atoms with Crippen LogP contribution in [0.1, 0.15) is 19.4 Å². The van der Waals surface area contributed by atoms with E-state index in [-0.39, 0.29) is 18.4 Å². The molecule has 5 nitrogen and oxygen atoms in total. The Bertz CT molecular complexity index is 478. The Balaban J connectivity index is 2.24. The summed E-state index contributed by atoms with van der Waals surface area (Å²) in [6.07, 6.45) is 0.848. The van der Waals surface area contributed by atoms with E-state index < -0.39 is 5.38 Å². The van der Waals surface area contributed by atoms with Crippen LogP contribution in [0.5, 0.6) is 5.75 Å². The molecule has 6 heteroatoms. The van der Waals surface area contributed by atoms with Crippen molar-refractivity contribution in [1.29, 1.82) is 0 Å². The summed E-state index contributed by atoms with van der Waals surface area (Å²) in [4.78, 5) is 22.8. The number of carbonyl (C=O) groups excluding carboxylic acids is 2. The molecule has 0 aliphatic carbocycles. The lowest BCUT2D eigenvalue weighted by molar-refractivity contribution is -0.124. The van der Waals surface area contributed by atoms with Gasteiger partial charge in [-0.15, -0.1) is 11.6 Å². The second-order valence-electron chi connectivity index (χ2n) is 4.51. The lowest BCUT2D eigenvalue weighted by atomic mass is 10.1. The zero-order valence-corrected chi connectivity index (χ0v) is 13.1. The summed E-state index contributed by atoms with van der Waals surface area (Å²) in [5.41, 5.74) is 1.06. The van der Waals surface area contributed by atoms with Crippen molar-refractivity contribution in [2.45, 2.75) is 25.6 Å². The highest BCUT2D eigenvalue weighted by molar-refractivity contribution is 6.30. The summed E-state index contributed by atoms with van der Waals surface area (Å²) in [7, 11) is 0. The minimum atomic E-state index is -0.574. The van der Waals surface area contributed by atoms with Crippen molar-refractivity contribution in [2.24, 2.45) is 0 Å². The van der Waals surface area contributed by atoms with Gasteiger partial charge in [-0.3, -0.25) is 9.59 Å². The van der Waals surface area contributed by atoms with Crippen molar-refractivity contribution in [3.63, 3.8) is 0 Å². The van der Waals surface area contributed by atoms with Crippen molar-refractivity contribution in [1.82, 2.24) is 10.6 Å². The molecular weight excluding hydrogens is 292 g/mol. The van der Waals surface area contributed by atoms with E-state index in [9.17, 15) is 9.59 Å². The number of carbonyl (C=O) groups is 2. The summed E-state index contributed by atoms with van der Waals surface area (Å²) in [6.45, 7) is 4.26. The Morgan fingerprint density at radius 1 is 1.24 bits per heavy atom. The van der Waals surface area contributed by atoms with Gasteiger partial charge in [-0.1, -0.05) is 25.1 Å². The van der Waals surface area contributed by atoms with E-state index >= 15 is 0 Å². The first-order chi connectivity index (χ1) is 10.0. The molecule has 0 bridgehead atoms. The van der Waals surface area contributed by atoms with Gasteiger partial charge in [0.1, 0.15) is 11.1 Å². The van der Waals surface area contributed by atoms with Gasteiger partial charge in [0.2, 0.25) is 5.91 Å². The number of nitrogens with one attached hydrogen (secondary N) is 2. The van der Waals surface area contributed by atoms with E-state index in [4.69, 9.17) is 16.3 Å². The van der Waals surface area contributed by atoms with Gasteiger partial charge in [0, 0.05) is 13.1 Å². The zero-order valence-electron chi connectivity index (χ0n) is 12.3. The van der Waals surface area contributed by atoms with Crippen LogP contribution in [0.15, 0.2) is 24.3 Å². The molecule has 0 aromatic heterocycles. The number of hydrogen-bond acceptors (Lipinski definition) is 3. The number of alkyl halides is 1. The minimum Gasteiger partial charge on any atom is -0.483 e. The number of hydrogen-bond donors (Lipinski definition) is 2. The molecule has 0 spiro atoms. The SMILES string of the molecule is CCc1ccccc1OCC(=O)NCCNC(=O)C(C)Cl. The first-order valence-electron chi connectivity index (χ1n) is 6.93. The molecule has 2 N–H and O–H groups in total. The number of rotatable bonds is 8. The molecule has 0 aliphatic heterocycles. The van der Waals surface area contributed by atoms with Gasteiger partial charge in [-0.2, -0.15) is 0 Å². The highest BCUT2D eigenvalue weighted by atomic mass is 35.5. The van der Waals surface area contributed by atoms with Crippen molar-refractivity contribution < 1.29 is 14.3 Å². The van der Waals surface area contributed by atoms with Gasteiger partial charge in [0.25, 0.3) is 5.91 Å². The van der Waals surface area contributed by atoms with Crippen molar-refractivity contribution in [2.75, 3.05) is 19.7 Å². The molecule has 0 saturated heterocycles. The van der Waals surface area contributed by atoms with E-state index in [1.54, 1.807) is 6.92 Å². The van der Waals surface area contributed by atoms with Gasteiger partial charge in [0.05, 0.1) is 0 Å². The van der Waals surface area contributed by atoms with Crippen LogP contribution >= 0.6 is 11.6 Å².